The number of rotatable bonds is 5. The molecule has 0 saturated heterocycles. The molecule has 3 aromatic rings. The lowest BCUT2D eigenvalue weighted by Crippen LogP contribution is -2.44. The molecular weight excluding hydrogens is 494 g/mol. The van der Waals surface area contributed by atoms with E-state index in [1.54, 1.807) is 19.1 Å². The molecule has 1 amide bonds. The average molecular weight is 522 g/mol. The molecule has 38 heavy (non-hydrogen) atoms. The van der Waals surface area contributed by atoms with Crippen LogP contribution in [0.2, 0.25) is 0 Å². The number of fused-ring (bicyclic) bond motifs is 6. The van der Waals surface area contributed by atoms with E-state index in [1.807, 2.05) is 0 Å². The van der Waals surface area contributed by atoms with Gasteiger partial charge < -0.3 is 34.3 Å². The van der Waals surface area contributed by atoms with Gasteiger partial charge in [0.25, 0.3) is 5.56 Å². The van der Waals surface area contributed by atoms with Crippen molar-refractivity contribution in [2.75, 3.05) is 6.75 Å². The molecule has 11 heteroatoms. The van der Waals surface area contributed by atoms with Crippen LogP contribution < -0.4 is 20.3 Å². The fraction of sp³-hybridized carbons (Fsp3) is 0.407. The van der Waals surface area contributed by atoms with Gasteiger partial charge in [0.05, 0.1) is 29.0 Å². The standard InChI is InChI=1S/C27H25N3O8/c1-2-27(35)17-6-19-22-15(9-30(19)25(33)16(17)10-36-26(27)34)14(8-28-24(32)23(31)12-3-4-12)13-5-20-21(38-11-37-20)7-18(13)29-22/h5-7,12,23,31,35H,2-4,8-11H2,1H3,(H,28,32)/t23-,27+/m1/s1/i11D2. The molecule has 1 fully saturated rings. The molecule has 1 aromatic carbocycles. The summed E-state index contributed by atoms with van der Waals surface area (Å²) in [5.41, 5.74) is 0.408. The Morgan fingerprint density at radius 1 is 1.24 bits per heavy atom. The molecule has 0 unspecified atom stereocenters. The summed E-state index contributed by atoms with van der Waals surface area (Å²) in [7, 11) is 0. The maximum atomic E-state index is 13.6. The second-order valence-electron chi connectivity index (χ2n) is 10.1. The van der Waals surface area contributed by atoms with Gasteiger partial charge in [-0.15, -0.1) is 0 Å². The molecule has 2 atom stereocenters. The Balaban J connectivity index is 1.41. The summed E-state index contributed by atoms with van der Waals surface area (Å²) in [4.78, 5) is 43.6. The zero-order valence-electron chi connectivity index (χ0n) is 22.4. The van der Waals surface area contributed by atoms with Gasteiger partial charge in [-0.05, 0) is 42.9 Å². The second-order valence-corrected chi connectivity index (χ2v) is 10.1. The number of esters is 1. The van der Waals surface area contributed by atoms with Crippen molar-refractivity contribution in [1.82, 2.24) is 14.9 Å². The first kappa shape index (κ1) is 21.0. The minimum absolute atomic E-state index is 0.000544. The largest absolute Gasteiger partial charge is 0.458 e. The van der Waals surface area contributed by atoms with Crippen LogP contribution in [0.1, 0.15) is 51.2 Å². The molecule has 1 aliphatic carbocycles. The Kier molecular flexibility index (Phi) is 4.44. The van der Waals surface area contributed by atoms with Crippen LogP contribution in [0.4, 0.5) is 0 Å². The van der Waals surface area contributed by atoms with Crippen molar-refractivity contribution in [3.8, 4) is 22.9 Å². The second kappa shape index (κ2) is 8.02. The van der Waals surface area contributed by atoms with Gasteiger partial charge in [0.1, 0.15) is 15.5 Å². The quantitative estimate of drug-likeness (QED) is 0.329. The highest BCUT2D eigenvalue weighted by Crippen LogP contribution is 2.43. The van der Waals surface area contributed by atoms with Gasteiger partial charge >= 0.3 is 5.97 Å². The van der Waals surface area contributed by atoms with E-state index in [2.05, 4.69) is 5.32 Å². The van der Waals surface area contributed by atoms with E-state index in [4.69, 9.17) is 21.9 Å². The SMILES string of the molecule is [2H]C1([2H])Oc2cc3nc4c(c(CNC(=O)[C@H](O)C5CC5)c3cc2O1)Cn1c-4cc2c(c1=O)COC(=O)[C@]2(O)CC. The van der Waals surface area contributed by atoms with E-state index in [0.717, 1.165) is 12.8 Å². The van der Waals surface area contributed by atoms with Crippen molar-refractivity contribution >= 4 is 22.8 Å². The summed E-state index contributed by atoms with van der Waals surface area (Å²) < 4.78 is 32.8. The number of benzene rings is 1. The first-order valence-corrected chi connectivity index (χ1v) is 12.5. The minimum Gasteiger partial charge on any atom is -0.458 e. The number of aliphatic hydroxyl groups excluding tert-OH is 1. The number of nitrogens with one attached hydrogen (secondary N) is 1. The van der Waals surface area contributed by atoms with E-state index in [1.165, 1.54) is 10.6 Å². The predicted molar refractivity (Wildman–Crippen MR) is 131 cm³/mol. The molecular formula is C27H25N3O8. The number of hydrogen-bond donors (Lipinski definition) is 3. The zero-order chi connectivity index (χ0) is 28.1. The highest BCUT2D eigenvalue weighted by molar-refractivity contribution is 5.92. The number of aromatic nitrogens is 2. The molecule has 3 N–H and O–H groups in total. The maximum absolute atomic E-state index is 13.6. The molecule has 7 rings (SSSR count). The third-order valence-corrected chi connectivity index (χ3v) is 7.95. The van der Waals surface area contributed by atoms with E-state index < -0.39 is 35.9 Å². The fourth-order valence-electron chi connectivity index (χ4n) is 5.55. The molecule has 1 saturated carbocycles. The summed E-state index contributed by atoms with van der Waals surface area (Å²) in [5.74, 6) is -1.08. The van der Waals surface area contributed by atoms with Crippen molar-refractivity contribution in [3.05, 3.63) is 50.8 Å². The minimum atomic E-state index is -2.36. The van der Waals surface area contributed by atoms with E-state index in [-0.39, 0.29) is 54.7 Å². The smallest absolute Gasteiger partial charge is 0.343 e. The fourth-order valence-corrected chi connectivity index (χ4v) is 5.55. The van der Waals surface area contributed by atoms with Crippen molar-refractivity contribution in [2.45, 2.75) is 57.6 Å². The van der Waals surface area contributed by atoms with Crippen molar-refractivity contribution in [3.63, 3.8) is 0 Å². The van der Waals surface area contributed by atoms with Crippen molar-refractivity contribution in [2.24, 2.45) is 5.92 Å². The molecule has 2 aromatic heterocycles. The van der Waals surface area contributed by atoms with Crippen LogP contribution in [-0.4, -0.2) is 44.5 Å². The van der Waals surface area contributed by atoms with Gasteiger partial charge in [-0.2, -0.15) is 0 Å². The van der Waals surface area contributed by atoms with Crippen molar-refractivity contribution < 1.29 is 36.8 Å². The summed E-state index contributed by atoms with van der Waals surface area (Å²) in [6.45, 7) is -0.890. The number of amides is 1. The first-order chi connectivity index (χ1) is 19.0. The Morgan fingerprint density at radius 3 is 2.74 bits per heavy atom. The summed E-state index contributed by atoms with van der Waals surface area (Å²) in [5, 5.41) is 24.8. The van der Waals surface area contributed by atoms with Gasteiger partial charge in [0.2, 0.25) is 12.7 Å². The number of nitrogens with zero attached hydrogens (tertiary/aromatic N) is 2. The molecule has 0 bridgehead atoms. The van der Waals surface area contributed by atoms with Crippen LogP contribution in [-0.2, 0) is 39.6 Å². The Morgan fingerprint density at radius 2 is 2.00 bits per heavy atom. The van der Waals surface area contributed by atoms with Gasteiger partial charge in [-0.3, -0.25) is 9.59 Å². The van der Waals surface area contributed by atoms with E-state index >= 15 is 0 Å². The highest BCUT2D eigenvalue weighted by Gasteiger charge is 2.45. The summed E-state index contributed by atoms with van der Waals surface area (Å²) in [6, 6.07) is 4.70. The average Bonchev–Trinajstić information content (AvgIpc) is 3.63. The molecule has 4 aliphatic rings. The monoisotopic (exact) mass is 521 g/mol. The van der Waals surface area contributed by atoms with Crippen LogP contribution in [0.15, 0.2) is 23.0 Å². The number of aliphatic hydroxyl groups is 2. The van der Waals surface area contributed by atoms with Crippen LogP contribution in [0, 0.1) is 5.92 Å². The maximum Gasteiger partial charge on any atom is 0.343 e. The Bertz CT molecular complexity index is 1720. The third kappa shape index (κ3) is 3.21. The van der Waals surface area contributed by atoms with Crippen LogP contribution in [0.5, 0.6) is 11.5 Å². The topological polar surface area (TPSA) is 149 Å². The molecule has 0 spiro atoms. The third-order valence-electron chi connectivity index (χ3n) is 7.95. The predicted octanol–water partition coefficient (Wildman–Crippen LogP) is 1.20. The van der Waals surface area contributed by atoms with Gasteiger partial charge in [0.15, 0.2) is 17.1 Å². The molecule has 196 valence electrons. The van der Waals surface area contributed by atoms with E-state index in [0.29, 0.717) is 33.4 Å². The van der Waals surface area contributed by atoms with Crippen LogP contribution in [0.25, 0.3) is 22.3 Å². The van der Waals surface area contributed by atoms with Crippen LogP contribution >= 0.6 is 0 Å². The lowest BCUT2D eigenvalue weighted by molar-refractivity contribution is -0.172. The normalized spacial score (nSPS) is 23.6. The lowest BCUT2D eigenvalue weighted by Gasteiger charge is -2.31. The number of carbonyl (C=O) groups is 2. The number of carbonyl (C=O) groups excluding carboxylic acids is 2. The number of ether oxygens (including phenoxy) is 3. The van der Waals surface area contributed by atoms with Crippen molar-refractivity contribution in [1.29, 1.82) is 0 Å². The van der Waals surface area contributed by atoms with Gasteiger partial charge in [-0.25, -0.2) is 9.78 Å². The lowest BCUT2D eigenvalue weighted by atomic mass is 9.86. The number of pyridine rings is 2. The van der Waals surface area contributed by atoms with Gasteiger partial charge in [0, 0.05) is 29.1 Å². The summed E-state index contributed by atoms with van der Waals surface area (Å²) in [6.07, 6.45) is 0.455. The molecule has 3 aliphatic heterocycles. The van der Waals surface area contributed by atoms with Crippen LogP contribution in [0.3, 0.4) is 0 Å². The molecule has 11 nitrogen and oxygen atoms in total. The summed E-state index contributed by atoms with van der Waals surface area (Å²) >= 11 is 0. The highest BCUT2D eigenvalue weighted by atomic mass is 16.7. The first-order valence-electron chi connectivity index (χ1n) is 13.5. The van der Waals surface area contributed by atoms with Gasteiger partial charge in [-0.1, -0.05) is 6.92 Å². The zero-order valence-corrected chi connectivity index (χ0v) is 20.4. The Labute approximate surface area is 218 Å². The van der Waals surface area contributed by atoms with E-state index in [9.17, 15) is 24.6 Å². The number of hydrogen-bond acceptors (Lipinski definition) is 9. The molecule has 0 radical (unpaired) electrons. The number of cyclic esters (lactones) is 1. The Hall–Kier alpha value is -3.96. The molecule has 5 heterocycles.